The van der Waals surface area contributed by atoms with Gasteiger partial charge in [0.15, 0.2) is 5.78 Å². The molecule has 5 heteroatoms. The predicted octanol–water partition coefficient (Wildman–Crippen LogP) is 1.82. The number of aromatic hydroxyl groups is 1. The summed E-state index contributed by atoms with van der Waals surface area (Å²) < 4.78 is 13.5. The Kier molecular flexibility index (Phi) is 3.23. The fourth-order valence-corrected chi connectivity index (χ4v) is 1.33. The van der Waals surface area contributed by atoms with Crippen molar-refractivity contribution < 1.29 is 14.3 Å². The van der Waals surface area contributed by atoms with Crippen LogP contribution >= 0.6 is 15.9 Å². The first kappa shape index (κ1) is 11.1. The summed E-state index contributed by atoms with van der Waals surface area (Å²) in [6, 6.07) is 1.58. The molecule has 1 unspecified atom stereocenters. The second-order valence-electron chi connectivity index (χ2n) is 2.91. The summed E-state index contributed by atoms with van der Waals surface area (Å²) in [4.78, 5) is 11.4. The number of carbonyl (C=O) groups is 1. The first-order chi connectivity index (χ1) is 6.45. The summed E-state index contributed by atoms with van der Waals surface area (Å²) in [6.07, 6.45) is 0. The molecule has 14 heavy (non-hydrogen) atoms. The van der Waals surface area contributed by atoms with Crippen molar-refractivity contribution in [1.29, 1.82) is 0 Å². The van der Waals surface area contributed by atoms with Crippen LogP contribution in [0.4, 0.5) is 4.39 Å². The number of Topliss-reactive ketones (excluding diaryl/α,β-unsaturated/α-hetero) is 1. The molecule has 76 valence electrons. The van der Waals surface area contributed by atoms with E-state index < -0.39 is 23.4 Å². The number of ketones is 1. The predicted molar refractivity (Wildman–Crippen MR) is 53.7 cm³/mol. The molecule has 0 aromatic heterocycles. The number of carbonyl (C=O) groups excluding carboxylic acids is 1. The summed E-state index contributed by atoms with van der Waals surface area (Å²) in [5, 5.41) is 9.43. The summed E-state index contributed by atoms with van der Waals surface area (Å²) >= 11 is 2.99. The van der Waals surface area contributed by atoms with E-state index in [2.05, 4.69) is 15.9 Å². The minimum Gasteiger partial charge on any atom is -0.506 e. The zero-order valence-electron chi connectivity index (χ0n) is 7.42. The van der Waals surface area contributed by atoms with Gasteiger partial charge >= 0.3 is 0 Å². The average molecular weight is 262 g/mol. The topological polar surface area (TPSA) is 63.3 Å². The largest absolute Gasteiger partial charge is 0.506 e. The SMILES string of the molecule is CC(N)C(=O)c1c(F)ccc(Br)c1O. The molecule has 0 radical (unpaired) electrons. The average Bonchev–Trinajstić information content (AvgIpc) is 2.12. The lowest BCUT2D eigenvalue weighted by Crippen LogP contribution is -2.27. The van der Waals surface area contributed by atoms with E-state index in [1.54, 1.807) is 0 Å². The van der Waals surface area contributed by atoms with E-state index in [1.165, 1.54) is 13.0 Å². The molecule has 0 aliphatic carbocycles. The van der Waals surface area contributed by atoms with Gasteiger partial charge in [-0.3, -0.25) is 4.79 Å². The molecule has 0 bridgehead atoms. The second kappa shape index (κ2) is 4.06. The normalized spacial score (nSPS) is 12.6. The molecular formula is C9H9BrFNO2. The molecule has 0 aliphatic heterocycles. The van der Waals surface area contributed by atoms with Crippen LogP contribution in [0.25, 0.3) is 0 Å². The van der Waals surface area contributed by atoms with Gasteiger partial charge in [-0.1, -0.05) is 0 Å². The van der Waals surface area contributed by atoms with Crippen molar-refractivity contribution in [3.63, 3.8) is 0 Å². The maximum absolute atomic E-state index is 13.2. The minimum atomic E-state index is -0.843. The number of nitrogens with two attached hydrogens (primary N) is 1. The van der Waals surface area contributed by atoms with Gasteiger partial charge in [0.05, 0.1) is 16.1 Å². The maximum atomic E-state index is 13.2. The Morgan fingerprint density at radius 1 is 1.64 bits per heavy atom. The van der Waals surface area contributed by atoms with Crippen LogP contribution in [0.1, 0.15) is 17.3 Å². The molecule has 1 rings (SSSR count). The highest BCUT2D eigenvalue weighted by Gasteiger charge is 2.21. The van der Waals surface area contributed by atoms with Crippen molar-refractivity contribution in [2.24, 2.45) is 5.73 Å². The minimum absolute atomic E-state index is 0.267. The highest BCUT2D eigenvalue weighted by Crippen LogP contribution is 2.30. The van der Waals surface area contributed by atoms with Gasteiger partial charge < -0.3 is 10.8 Å². The molecule has 0 spiro atoms. The number of halogens is 2. The number of hydrogen-bond donors (Lipinski definition) is 2. The molecule has 3 N–H and O–H groups in total. The third-order valence-corrected chi connectivity index (χ3v) is 2.38. The Labute approximate surface area is 88.9 Å². The molecule has 0 saturated carbocycles. The lowest BCUT2D eigenvalue weighted by molar-refractivity contribution is 0.0961. The molecule has 0 amide bonds. The first-order valence-electron chi connectivity index (χ1n) is 3.92. The number of phenolic OH excluding ortho intramolecular Hbond substituents is 1. The van der Waals surface area contributed by atoms with E-state index in [0.29, 0.717) is 0 Å². The van der Waals surface area contributed by atoms with Gasteiger partial charge in [0.2, 0.25) is 0 Å². The third-order valence-electron chi connectivity index (χ3n) is 1.74. The summed E-state index contributed by atoms with van der Waals surface area (Å²) in [5.74, 6) is -1.80. The summed E-state index contributed by atoms with van der Waals surface area (Å²) in [5.41, 5.74) is 4.95. The molecule has 1 aromatic rings. The monoisotopic (exact) mass is 261 g/mol. The number of benzene rings is 1. The molecule has 0 saturated heterocycles. The smallest absolute Gasteiger partial charge is 0.185 e. The lowest BCUT2D eigenvalue weighted by Gasteiger charge is -2.08. The van der Waals surface area contributed by atoms with Gasteiger partial charge in [0.25, 0.3) is 0 Å². The van der Waals surface area contributed by atoms with Crippen LogP contribution in [0.2, 0.25) is 0 Å². The molecule has 0 fully saturated rings. The Morgan fingerprint density at radius 2 is 2.21 bits per heavy atom. The lowest BCUT2D eigenvalue weighted by atomic mass is 10.0. The maximum Gasteiger partial charge on any atom is 0.185 e. The van der Waals surface area contributed by atoms with Gasteiger partial charge in [-0.05, 0) is 35.0 Å². The summed E-state index contributed by atoms with van der Waals surface area (Å²) in [6.45, 7) is 1.43. The fourth-order valence-electron chi connectivity index (χ4n) is 1.00. The summed E-state index contributed by atoms with van der Waals surface area (Å²) in [7, 11) is 0. The van der Waals surface area contributed by atoms with E-state index in [0.717, 1.165) is 6.07 Å². The van der Waals surface area contributed by atoms with Crippen molar-refractivity contribution in [3.8, 4) is 5.75 Å². The first-order valence-corrected chi connectivity index (χ1v) is 4.71. The Bertz CT molecular complexity index is 379. The Morgan fingerprint density at radius 3 is 2.71 bits per heavy atom. The highest BCUT2D eigenvalue weighted by atomic mass is 79.9. The van der Waals surface area contributed by atoms with Crippen LogP contribution in [-0.2, 0) is 0 Å². The fraction of sp³-hybridized carbons (Fsp3) is 0.222. The third kappa shape index (κ3) is 1.93. The van der Waals surface area contributed by atoms with Crippen molar-refractivity contribution in [1.82, 2.24) is 0 Å². The Hall–Kier alpha value is -0.940. The van der Waals surface area contributed by atoms with E-state index in [-0.39, 0.29) is 10.0 Å². The van der Waals surface area contributed by atoms with Gasteiger partial charge in [-0.15, -0.1) is 0 Å². The van der Waals surface area contributed by atoms with Crippen LogP contribution in [0.5, 0.6) is 5.75 Å². The number of phenols is 1. The van der Waals surface area contributed by atoms with Gasteiger partial charge in [0.1, 0.15) is 11.6 Å². The molecule has 3 nitrogen and oxygen atoms in total. The zero-order valence-corrected chi connectivity index (χ0v) is 9.01. The van der Waals surface area contributed by atoms with Crippen LogP contribution in [0.3, 0.4) is 0 Å². The molecular weight excluding hydrogens is 253 g/mol. The number of rotatable bonds is 2. The van der Waals surface area contributed by atoms with Crippen molar-refractivity contribution in [2.75, 3.05) is 0 Å². The van der Waals surface area contributed by atoms with Crippen LogP contribution in [-0.4, -0.2) is 16.9 Å². The molecule has 0 aliphatic rings. The van der Waals surface area contributed by atoms with E-state index in [1.807, 2.05) is 0 Å². The van der Waals surface area contributed by atoms with Crippen LogP contribution in [0.15, 0.2) is 16.6 Å². The van der Waals surface area contributed by atoms with Crippen molar-refractivity contribution in [2.45, 2.75) is 13.0 Å². The molecule has 1 aromatic carbocycles. The Balaban J connectivity index is 3.33. The molecule has 1 atom stereocenters. The van der Waals surface area contributed by atoms with Crippen LogP contribution < -0.4 is 5.73 Å². The standard InChI is InChI=1S/C9H9BrFNO2/c1-4(12)8(13)7-6(11)3-2-5(10)9(7)14/h2-4,14H,12H2,1H3. The van der Waals surface area contributed by atoms with E-state index in [4.69, 9.17) is 5.73 Å². The van der Waals surface area contributed by atoms with Crippen LogP contribution in [0, 0.1) is 5.82 Å². The second-order valence-corrected chi connectivity index (χ2v) is 3.76. The zero-order chi connectivity index (χ0) is 10.9. The quantitative estimate of drug-likeness (QED) is 0.799. The van der Waals surface area contributed by atoms with Gasteiger partial charge in [0, 0.05) is 0 Å². The van der Waals surface area contributed by atoms with Gasteiger partial charge in [-0.25, -0.2) is 4.39 Å². The van der Waals surface area contributed by atoms with Crippen molar-refractivity contribution >= 4 is 21.7 Å². The van der Waals surface area contributed by atoms with E-state index >= 15 is 0 Å². The van der Waals surface area contributed by atoms with E-state index in [9.17, 15) is 14.3 Å². The van der Waals surface area contributed by atoms with Gasteiger partial charge in [-0.2, -0.15) is 0 Å². The molecule has 0 heterocycles. The highest BCUT2D eigenvalue weighted by molar-refractivity contribution is 9.10. The number of hydrogen-bond acceptors (Lipinski definition) is 3. The van der Waals surface area contributed by atoms with Crippen molar-refractivity contribution in [3.05, 3.63) is 28.0 Å².